The third-order valence-corrected chi connectivity index (χ3v) is 4.64. The van der Waals surface area contributed by atoms with E-state index in [9.17, 15) is 4.79 Å². The van der Waals surface area contributed by atoms with Crippen molar-refractivity contribution in [2.24, 2.45) is 0 Å². The van der Waals surface area contributed by atoms with Gasteiger partial charge in [0.1, 0.15) is 17.4 Å². The first-order valence-corrected chi connectivity index (χ1v) is 8.96. The molecule has 1 aliphatic heterocycles. The van der Waals surface area contributed by atoms with Crippen molar-refractivity contribution >= 4 is 11.6 Å². The van der Waals surface area contributed by atoms with Gasteiger partial charge in [-0.2, -0.15) is 5.10 Å². The number of hydrogen-bond donors (Lipinski definition) is 2. The minimum Gasteiger partial charge on any atom is -0.445 e. The van der Waals surface area contributed by atoms with Crippen molar-refractivity contribution in [3.63, 3.8) is 0 Å². The molecule has 1 fully saturated rings. The Morgan fingerprint density at radius 1 is 1.30 bits per heavy atom. The van der Waals surface area contributed by atoms with E-state index in [1.54, 1.807) is 6.92 Å². The molecule has 0 unspecified atom stereocenters. The van der Waals surface area contributed by atoms with E-state index < -0.39 is 0 Å². The summed E-state index contributed by atoms with van der Waals surface area (Å²) in [6, 6.07) is 7.69. The number of rotatable bonds is 5. The minimum absolute atomic E-state index is 0.253. The number of carbonyl (C=O) groups excluding carboxylic acids is 1. The first-order chi connectivity index (χ1) is 13.0. The topological polar surface area (TPSA) is 97.9 Å². The van der Waals surface area contributed by atoms with Gasteiger partial charge in [-0.05, 0) is 38.5 Å². The normalized spacial score (nSPS) is 14.2. The molecule has 27 heavy (non-hydrogen) atoms. The zero-order valence-electron chi connectivity index (χ0n) is 15.6. The molecule has 8 heteroatoms. The maximum Gasteiger partial charge on any atom is 0.277 e. The average Bonchev–Trinajstić information content (AvgIpc) is 3.08. The van der Waals surface area contributed by atoms with Gasteiger partial charge in [0.2, 0.25) is 5.89 Å². The van der Waals surface area contributed by atoms with Crippen LogP contribution in [-0.4, -0.2) is 38.7 Å². The van der Waals surface area contributed by atoms with Crippen LogP contribution < -0.4 is 10.6 Å². The maximum absolute atomic E-state index is 12.6. The summed E-state index contributed by atoms with van der Waals surface area (Å²) in [6.45, 7) is 7.83. The van der Waals surface area contributed by atoms with E-state index in [0.29, 0.717) is 29.6 Å². The number of amides is 1. The summed E-state index contributed by atoms with van der Waals surface area (Å²) in [6.07, 6.45) is 0. The smallest absolute Gasteiger partial charge is 0.277 e. The Morgan fingerprint density at radius 2 is 2.11 bits per heavy atom. The third-order valence-electron chi connectivity index (χ3n) is 4.64. The predicted molar refractivity (Wildman–Crippen MR) is 99.8 cm³/mol. The van der Waals surface area contributed by atoms with E-state index in [1.807, 2.05) is 42.8 Å². The summed E-state index contributed by atoms with van der Waals surface area (Å²) in [5.41, 5.74) is 2.07. The molecule has 0 radical (unpaired) electrons. The van der Waals surface area contributed by atoms with Gasteiger partial charge in [0, 0.05) is 18.8 Å². The summed E-state index contributed by atoms with van der Waals surface area (Å²) in [5, 5.41) is 10.5. The number of carbonyl (C=O) groups is 1. The van der Waals surface area contributed by atoms with Crippen LogP contribution in [0.1, 0.15) is 45.3 Å². The molecule has 0 spiro atoms. The van der Waals surface area contributed by atoms with Gasteiger partial charge in [0.05, 0.1) is 12.5 Å². The average molecular weight is 366 g/mol. The van der Waals surface area contributed by atoms with Crippen molar-refractivity contribution in [1.29, 1.82) is 0 Å². The predicted octanol–water partition coefficient (Wildman–Crippen LogP) is 2.18. The van der Waals surface area contributed by atoms with Gasteiger partial charge in [-0.15, -0.1) is 0 Å². The maximum atomic E-state index is 12.6. The van der Waals surface area contributed by atoms with Gasteiger partial charge >= 0.3 is 0 Å². The molecule has 0 atom stereocenters. The number of aryl methyl sites for hydroxylation is 3. The Balaban J connectivity index is 1.48. The highest BCUT2D eigenvalue weighted by Gasteiger charge is 2.27. The van der Waals surface area contributed by atoms with Crippen LogP contribution in [0.15, 0.2) is 28.7 Å². The van der Waals surface area contributed by atoms with Crippen LogP contribution in [0.5, 0.6) is 0 Å². The van der Waals surface area contributed by atoms with Crippen LogP contribution in [-0.2, 0) is 6.54 Å². The summed E-state index contributed by atoms with van der Waals surface area (Å²) < 4.78 is 7.51. The molecule has 2 aromatic heterocycles. The Morgan fingerprint density at radius 3 is 2.78 bits per heavy atom. The first-order valence-electron chi connectivity index (χ1n) is 8.96. The third kappa shape index (κ3) is 3.61. The number of aromatic nitrogens is 4. The molecular formula is C19H22N6O2. The van der Waals surface area contributed by atoms with E-state index in [0.717, 1.165) is 30.3 Å². The van der Waals surface area contributed by atoms with Crippen molar-refractivity contribution < 1.29 is 9.21 Å². The molecule has 3 aromatic rings. The molecule has 1 amide bonds. The Bertz CT molecular complexity index is 986. The van der Waals surface area contributed by atoms with Crippen LogP contribution >= 0.6 is 0 Å². The number of nitrogens with zero attached hydrogens (tertiary/aromatic N) is 4. The largest absolute Gasteiger partial charge is 0.445 e. The fourth-order valence-corrected chi connectivity index (χ4v) is 3.09. The molecule has 3 heterocycles. The molecule has 4 rings (SSSR count). The number of hydrogen-bond acceptors (Lipinski definition) is 6. The number of nitrogens with one attached hydrogen (secondary N) is 2. The summed E-state index contributed by atoms with van der Waals surface area (Å²) in [4.78, 5) is 21.3. The zero-order valence-corrected chi connectivity index (χ0v) is 15.6. The lowest BCUT2D eigenvalue weighted by molar-refractivity contribution is 0.102. The lowest BCUT2D eigenvalue weighted by Gasteiger charge is -2.23. The second-order valence-electron chi connectivity index (χ2n) is 6.83. The molecule has 0 bridgehead atoms. The van der Waals surface area contributed by atoms with Crippen LogP contribution in [0.25, 0.3) is 0 Å². The standard InChI is InChI=1S/C19H22N6O2/c1-11-17(23-19(27-11)15-8-20-9-15)18(26)22-16-6-4-5-14(7-16)10-25-13(3)21-12(2)24-25/h4-7,15,20H,8-10H2,1-3H3,(H,22,26). The fraction of sp³-hybridized carbons (Fsp3) is 0.368. The molecule has 1 aliphatic rings. The monoisotopic (exact) mass is 366 g/mol. The molecular weight excluding hydrogens is 344 g/mol. The number of oxazole rings is 1. The number of anilines is 1. The second kappa shape index (κ2) is 6.96. The lowest BCUT2D eigenvalue weighted by atomic mass is 10.0. The van der Waals surface area contributed by atoms with E-state index in [1.165, 1.54) is 0 Å². The van der Waals surface area contributed by atoms with E-state index >= 15 is 0 Å². The fourth-order valence-electron chi connectivity index (χ4n) is 3.09. The second-order valence-corrected chi connectivity index (χ2v) is 6.83. The molecule has 8 nitrogen and oxygen atoms in total. The van der Waals surface area contributed by atoms with E-state index in [-0.39, 0.29) is 11.8 Å². The van der Waals surface area contributed by atoms with Crippen molar-refractivity contribution in [3.8, 4) is 0 Å². The highest BCUT2D eigenvalue weighted by atomic mass is 16.4. The van der Waals surface area contributed by atoms with E-state index in [4.69, 9.17) is 4.42 Å². The van der Waals surface area contributed by atoms with Crippen LogP contribution in [0.2, 0.25) is 0 Å². The molecule has 2 N–H and O–H groups in total. The Hall–Kier alpha value is -3.00. The zero-order chi connectivity index (χ0) is 19.0. The first kappa shape index (κ1) is 17.4. The Labute approximate surface area is 157 Å². The van der Waals surface area contributed by atoms with Gasteiger partial charge in [-0.3, -0.25) is 4.79 Å². The lowest BCUT2D eigenvalue weighted by Crippen LogP contribution is -2.40. The van der Waals surface area contributed by atoms with Gasteiger partial charge in [0.25, 0.3) is 5.91 Å². The van der Waals surface area contributed by atoms with E-state index in [2.05, 4.69) is 25.7 Å². The molecule has 140 valence electrons. The van der Waals surface area contributed by atoms with Gasteiger partial charge in [0.15, 0.2) is 5.69 Å². The number of benzene rings is 1. The molecule has 0 aliphatic carbocycles. The highest BCUT2D eigenvalue weighted by molar-refractivity contribution is 6.03. The summed E-state index contributed by atoms with van der Waals surface area (Å²) in [5.74, 6) is 2.76. The van der Waals surface area contributed by atoms with Crippen molar-refractivity contribution in [2.45, 2.75) is 33.2 Å². The van der Waals surface area contributed by atoms with Gasteiger partial charge < -0.3 is 15.1 Å². The van der Waals surface area contributed by atoms with Crippen molar-refractivity contribution in [2.75, 3.05) is 18.4 Å². The molecule has 1 aromatic carbocycles. The van der Waals surface area contributed by atoms with Gasteiger partial charge in [-0.25, -0.2) is 14.6 Å². The quantitative estimate of drug-likeness (QED) is 0.718. The minimum atomic E-state index is -0.264. The SMILES string of the molecule is Cc1nc(C)n(Cc2cccc(NC(=O)c3nc(C4CNC4)oc3C)c2)n1. The molecule has 1 saturated heterocycles. The van der Waals surface area contributed by atoms with Crippen molar-refractivity contribution in [1.82, 2.24) is 25.1 Å². The van der Waals surface area contributed by atoms with Gasteiger partial charge in [-0.1, -0.05) is 12.1 Å². The summed E-state index contributed by atoms with van der Waals surface area (Å²) >= 11 is 0. The Kier molecular flexibility index (Phi) is 4.49. The van der Waals surface area contributed by atoms with Crippen LogP contribution in [0.4, 0.5) is 5.69 Å². The highest BCUT2D eigenvalue weighted by Crippen LogP contribution is 2.22. The van der Waals surface area contributed by atoms with Crippen LogP contribution in [0.3, 0.4) is 0 Å². The van der Waals surface area contributed by atoms with Crippen LogP contribution in [0, 0.1) is 20.8 Å². The van der Waals surface area contributed by atoms with Crippen molar-refractivity contribution in [3.05, 3.63) is 58.8 Å². The summed E-state index contributed by atoms with van der Waals surface area (Å²) in [7, 11) is 0. The molecule has 0 saturated carbocycles.